The van der Waals surface area contributed by atoms with Crippen molar-refractivity contribution in [3.8, 4) is 5.75 Å². The zero-order valence-electron chi connectivity index (χ0n) is 10.9. The summed E-state index contributed by atoms with van der Waals surface area (Å²) in [6, 6.07) is 9.00. The van der Waals surface area contributed by atoms with Gasteiger partial charge in [-0.1, -0.05) is 28.1 Å². The molecule has 0 amide bonds. The van der Waals surface area contributed by atoms with E-state index in [1.165, 1.54) is 11.6 Å². The van der Waals surface area contributed by atoms with E-state index in [1.54, 1.807) is 19.1 Å². The lowest BCUT2D eigenvalue weighted by Gasteiger charge is -2.15. The second kappa shape index (κ2) is 5.38. The van der Waals surface area contributed by atoms with E-state index in [9.17, 15) is 4.39 Å². The average Bonchev–Trinajstić information content (AvgIpc) is 2.88. The Kier molecular flexibility index (Phi) is 3.74. The van der Waals surface area contributed by atoms with Crippen molar-refractivity contribution >= 4 is 27.5 Å². The van der Waals surface area contributed by atoms with Crippen molar-refractivity contribution in [2.75, 3.05) is 6.61 Å². The first-order chi connectivity index (χ1) is 9.56. The molecule has 2 aromatic carbocycles. The molecule has 0 saturated heterocycles. The molecule has 104 valence electrons. The number of fused-ring (bicyclic) bond motifs is 1. The third-order valence-electron chi connectivity index (χ3n) is 3.52. The lowest BCUT2D eigenvalue weighted by atomic mass is 9.99. The van der Waals surface area contributed by atoms with E-state index >= 15 is 0 Å². The van der Waals surface area contributed by atoms with Crippen LogP contribution in [0.2, 0.25) is 0 Å². The summed E-state index contributed by atoms with van der Waals surface area (Å²) in [5.41, 5.74) is 3.57. The van der Waals surface area contributed by atoms with Crippen LogP contribution in [0.15, 0.2) is 34.8 Å². The van der Waals surface area contributed by atoms with Gasteiger partial charge in [-0.05, 0) is 41.8 Å². The van der Waals surface area contributed by atoms with Crippen LogP contribution in [-0.4, -0.2) is 6.61 Å². The van der Waals surface area contributed by atoms with Gasteiger partial charge in [0.2, 0.25) is 0 Å². The van der Waals surface area contributed by atoms with Gasteiger partial charge >= 0.3 is 0 Å². The number of alkyl halides is 1. The van der Waals surface area contributed by atoms with Gasteiger partial charge in [-0.15, -0.1) is 11.6 Å². The molecule has 0 radical (unpaired) electrons. The van der Waals surface area contributed by atoms with Crippen LogP contribution < -0.4 is 4.74 Å². The lowest BCUT2D eigenvalue weighted by molar-refractivity contribution is 0.353. The van der Waals surface area contributed by atoms with Crippen LogP contribution in [0, 0.1) is 12.7 Å². The Bertz CT molecular complexity index is 672. The number of halogens is 3. The molecule has 0 fully saturated rings. The highest BCUT2D eigenvalue weighted by atomic mass is 79.9. The minimum absolute atomic E-state index is 0.215. The predicted octanol–water partition coefficient (Wildman–Crippen LogP) is 5.16. The Morgan fingerprint density at radius 3 is 2.85 bits per heavy atom. The van der Waals surface area contributed by atoms with Gasteiger partial charge in [0.25, 0.3) is 0 Å². The van der Waals surface area contributed by atoms with Crippen molar-refractivity contribution in [2.45, 2.75) is 18.7 Å². The lowest BCUT2D eigenvalue weighted by Crippen LogP contribution is -1.99. The van der Waals surface area contributed by atoms with Gasteiger partial charge in [0.15, 0.2) is 0 Å². The van der Waals surface area contributed by atoms with Crippen molar-refractivity contribution in [2.24, 2.45) is 0 Å². The summed E-state index contributed by atoms with van der Waals surface area (Å²) in [5, 5.41) is -0.348. The van der Waals surface area contributed by atoms with E-state index in [0.717, 1.165) is 27.8 Å². The summed E-state index contributed by atoms with van der Waals surface area (Å²) in [4.78, 5) is 0. The largest absolute Gasteiger partial charge is 0.493 e. The number of hydrogen-bond acceptors (Lipinski definition) is 1. The fraction of sp³-hybridized carbons (Fsp3) is 0.250. The molecular formula is C16H13BrClFO. The molecule has 0 saturated carbocycles. The van der Waals surface area contributed by atoms with E-state index in [1.807, 2.05) is 6.07 Å². The van der Waals surface area contributed by atoms with Crippen LogP contribution in [0.5, 0.6) is 5.75 Å². The van der Waals surface area contributed by atoms with E-state index in [2.05, 4.69) is 22.0 Å². The topological polar surface area (TPSA) is 9.23 Å². The summed E-state index contributed by atoms with van der Waals surface area (Å²) < 4.78 is 20.1. The predicted molar refractivity (Wildman–Crippen MR) is 82.2 cm³/mol. The number of ether oxygens (including phenoxy) is 1. The molecule has 20 heavy (non-hydrogen) atoms. The van der Waals surface area contributed by atoms with E-state index in [4.69, 9.17) is 16.3 Å². The van der Waals surface area contributed by atoms with Gasteiger partial charge in [0.1, 0.15) is 11.6 Å². The first kappa shape index (κ1) is 13.9. The first-order valence-electron chi connectivity index (χ1n) is 6.41. The zero-order valence-corrected chi connectivity index (χ0v) is 13.3. The second-order valence-corrected chi connectivity index (χ2v) is 6.31. The summed E-state index contributed by atoms with van der Waals surface area (Å²) in [7, 11) is 0. The molecule has 0 N–H and O–H groups in total. The zero-order chi connectivity index (χ0) is 14.3. The van der Waals surface area contributed by atoms with Gasteiger partial charge in [0.05, 0.1) is 12.0 Å². The number of hydrogen-bond donors (Lipinski definition) is 0. The number of benzene rings is 2. The molecule has 1 atom stereocenters. The average molecular weight is 356 g/mol. The van der Waals surface area contributed by atoms with Crippen molar-refractivity contribution in [3.05, 3.63) is 62.9 Å². The normalized spacial score (nSPS) is 14.8. The van der Waals surface area contributed by atoms with Crippen LogP contribution in [0.3, 0.4) is 0 Å². The quantitative estimate of drug-likeness (QED) is 0.676. The second-order valence-electron chi connectivity index (χ2n) is 4.95. The highest BCUT2D eigenvalue weighted by molar-refractivity contribution is 9.10. The van der Waals surface area contributed by atoms with Crippen LogP contribution in [-0.2, 0) is 6.42 Å². The molecule has 1 nitrogen and oxygen atoms in total. The van der Waals surface area contributed by atoms with E-state index in [-0.39, 0.29) is 11.2 Å². The Hall–Kier alpha value is -1.06. The third kappa shape index (κ3) is 2.45. The molecule has 4 heteroatoms. The van der Waals surface area contributed by atoms with Gasteiger partial charge in [-0.3, -0.25) is 0 Å². The fourth-order valence-electron chi connectivity index (χ4n) is 2.49. The minimum atomic E-state index is -0.348. The Balaban J connectivity index is 2.06. The molecule has 0 aliphatic carbocycles. The molecule has 2 aromatic rings. The third-order valence-corrected chi connectivity index (χ3v) is 4.47. The molecule has 0 spiro atoms. The van der Waals surface area contributed by atoms with Crippen LogP contribution in [0.1, 0.15) is 27.6 Å². The van der Waals surface area contributed by atoms with Crippen molar-refractivity contribution in [1.29, 1.82) is 0 Å². The number of aryl methyl sites for hydroxylation is 1. The molecule has 1 unspecified atom stereocenters. The van der Waals surface area contributed by atoms with Gasteiger partial charge in [0, 0.05) is 16.5 Å². The van der Waals surface area contributed by atoms with Crippen molar-refractivity contribution < 1.29 is 9.13 Å². The fourth-order valence-corrected chi connectivity index (χ4v) is 3.31. The SMILES string of the molecule is Cc1cc(C(Cl)c2cc(Br)cc3c2OCC3)ccc1F. The first-order valence-corrected chi connectivity index (χ1v) is 7.64. The van der Waals surface area contributed by atoms with Crippen molar-refractivity contribution in [3.63, 3.8) is 0 Å². The Morgan fingerprint density at radius 2 is 2.10 bits per heavy atom. The molecule has 0 aromatic heterocycles. The molecule has 0 bridgehead atoms. The summed E-state index contributed by atoms with van der Waals surface area (Å²) >= 11 is 10.1. The van der Waals surface area contributed by atoms with Crippen LogP contribution >= 0.6 is 27.5 Å². The van der Waals surface area contributed by atoms with Crippen LogP contribution in [0.25, 0.3) is 0 Å². The monoisotopic (exact) mass is 354 g/mol. The molecular weight excluding hydrogens is 343 g/mol. The molecule has 1 aliphatic heterocycles. The maximum atomic E-state index is 13.4. The van der Waals surface area contributed by atoms with Crippen LogP contribution in [0.4, 0.5) is 4.39 Å². The molecule has 1 aliphatic rings. The maximum absolute atomic E-state index is 13.4. The smallest absolute Gasteiger partial charge is 0.127 e. The van der Waals surface area contributed by atoms with E-state index in [0.29, 0.717) is 12.2 Å². The Morgan fingerprint density at radius 1 is 1.30 bits per heavy atom. The highest BCUT2D eigenvalue weighted by Crippen LogP contribution is 2.41. The minimum Gasteiger partial charge on any atom is -0.493 e. The maximum Gasteiger partial charge on any atom is 0.127 e. The summed E-state index contributed by atoms with van der Waals surface area (Å²) in [6.07, 6.45) is 0.897. The summed E-state index contributed by atoms with van der Waals surface area (Å²) in [6.45, 7) is 2.43. The standard InChI is InChI=1S/C16H13BrClFO/c1-9-6-10(2-3-14(9)19)15(18)13-8-12(17)7-11-4-5-20-16(11)13/h2-3,6-8,15H,4-5H2,1H3. The molecule has 1 heterocycles. The summed E-state index contributed by atoms with van der Waals surface area (Å²) in [5.74, 6) is 0.656. The highest BCUT2D eigenvalue weighted by Gasteiger charge is 2.23. The number of rotatable bonds is 2. The van der Waals surface area contributed by atoms with Gasteiger partial charge in [-0.25, -0.2) is 4.39 Å². The van der Waals surface area contributed by atoms with Crippen molar-refractivity contribution in [1.82, 2.24) is 0 Å². The van der Waals surface area contributed by atoms with E-state index < -0.39 is 0 Å². The van der Waals surface area contributed by atoms with Gasteiger partial charge < -0.3 is 4.74 Å². The van der Waals surface area contributed by atoms with Gasteiger partial charge in [-0.2, -0.15) is 0 Å². The Labute approximate surface area is 130 Å². The molecule has 3 rings (SSSR count).